The molecule has 4 N–H and O–H groups in total. The molecule has 2 amide bonds. The largest absolute Gasteiger partial charge is 0.459 e. The van der Waals surface area contributed by atoms with Crippen molar-refractivity contribution >= 4 is 39.7 Å². The molecule has 0 aromatic carbocycles. The first-order chi connectivity index (χ1) is 15.6. The molecule has 0 bridgehead atoms. The average Bonchev–Trinajstić information content (AvgIpc) is 3.41. The van der Waals surface area contributed by atoms with Gasteiger partial charge in [0.15, 0.2) is 11.4 Å². The second kappa shape index (κ2) is 9.90. The standard InChI is InChI=1S/C22H27N5O5S/c1-12(2)10-26(17-18(23)27(11-13(3)4)22(31)25-20(17)29)21(30)15-7-8-16(33-15)24-19(28)14-6-5-9-32-14/h5-9,12-13H,10-11,23H2,1-4H3,(H,24,28)(H,25,29,31). The van der Waals surface area contributed by atoms with Gasteiger partial charge in [0.25, 0.3) is 17.4 Å². The van der Waals surface area contributed by atoms with Crippen LogP contribution in [0.4, 0.5) is 16.5 Å². The quantitative estimate of drug-likeness (QED) is 0.459. The van der Waals surface area contributed by atoms with Gasteiger partial charge < -0.3 is 15.5 Å². The maximum atomic E-state index is 13.4. The third-order valence-corrected chi connectivity index (χ3v) is 5.61. The summed E-state index contributed by atoms with van der Waals surface area (Å²) in [6.45, 7) is 8.13. The van der Waals surface area contributed by atoms with E-state index in [1.165, 1.54) is 21.8 Å². The number of aromatic amines is 1. The predicted octanol–water partition coefficient (Wildman–Crippen LogP) is 2.98. The van der Waals surface area contributed by atoms with Crippen LogP contribution in [0.15, 0.2) is 44.5 Å². The number of rotatable bonds is 8. The summed E-state index contributed by atoms with van der Waals surface area (Å²) >= 11 is 1.06. The van der Waals surface area contributed by atoms with E-state index in [1.807, 2.05) is 27.7 Å². The number of aromatic nitrogens is 2. The molecule has 0 aliphatic heterocycles. The lowest BCUT2D eigenvalue weighted by Crippen LogP contribution is -2.42. The zero-order chi connectivity index (χ0) is 24.3. The Morgan fingerprint density at radius 3 is 2.52 bits per heavy atom. The number of thiophene rings is 1. The minimum atomic E-state index is -0.727. The van der Waals surface area contributed by atoms with Crippen LogP contribution in [0.1, 0.15) is 47.9 Å². The Morgan fingerprint density at radius 1 is 1.18 bits per heavy atom. The third-order valence-electron chi connectivity index (χ3n) is 4.62. The number of carbonyl (C=O) groups is 2. The molecule has 3 rings (SSSR count). The number of anilines is 3. The molecule has 0 spiro atoms. The molecular weight excluding hydrogens is 446 g/mol. The Labute approximate surface area is 194 Å². The maximum absolute atomic E-state index is 13.4. The first-order valence-electron chi connectivity index (χ1n) is 10.5. The molecule has 11 heteroatoms. The summed E-state index contributed by atoms with van der Waals surface area (Å²) in [5.74, 6) is -0.716. The van der Waals surface area contributed by atoms with Crippen LogP contribution in [0, 0.1) is 11.8 Å². The van der Waals surface area contributed by atoms with Gasteiger partial charge in [0.1, 0.15) is 5.82 Å². The number of nitrogens with zero attached hydrogens (tertiary/aromatic N) is 2. The van der Waals surface area contributed by atoms with Crippen molar-refractivity contribution in [3.05, 3.63) is 62.0 Å². The minimum absolute atomic E-state index is 0.0105. The summed E-state index contributed by atoms with van der Waals surface area (Å²) in [6, 6.07) is 6.29. The van der Waals surface area contributed by atoms with Crippen LogP contribution in [-0.2, 0) is 6.54 Å². The van der Waals surface area contributed by atoms with E-state index in [4.69, 9.17) is 10.2 Å². The van der Waals surface area contributed by atoms with Crippen molar-refractivity contribution in [2.75, 3.05) is 22.5 Å². The van der Waals surface area contributed by atoms with Crippen LogP contribution in [-0.4, -0.2) is 27.9 Å². The fourth-order valence-electron chi connectivity index (χ4n) is 3.26. The maximum Gasteiger partial charge on any atom is 0.330 e. The highest BCUT2D eigenvalue weighted by atomic mass is 32.1. The first-order valence-corrected chi connectivity index (χ1v) is 11.3. The number of nitrogens with one attached hydrogen (secondary N) is 2. The van der Waals surface area contributed by atoms with Crippen molar-refractivity contribution in [2.24, 2.45) is 11.8 Å². The van der Waals surface area contributed by atoms with E-state index in [1.54, 1.807) is 18.2 Å². The molecule has 10 nitrogen and oxygen atoms in total. The highest BCUT2D eigenvalue weighted by Gasteiger charge is 2.27. The number of nitrogens with two attached hydrogens (primary N) is 1. The van der Waals surface area contributed by atoms with Crippen molar-refractivity contribution in [1.82, 2.24) is 9.55 Å². The smallest absolute Gasteiger partial charge is 0.330 e. The first kappa shape index (κ1) is 24.1. The highest BCUT2D eigenvalue weighted by molar-refractivity contribution is 7.18. The SMILES string of the molecule is CC(C)CN(C(=O)c1ccc(NC(=O)c2ccco2)s1)c1c(N)n(CC(C)C)c(=O)[nH]c1=O. The van der Waals surface area contributed by atoms with Crippen LogP contribution >= 0.6 is 11.3 Å². The predicted molar refractivity (Wildman–Crippen MR) is 128 cm³/mol. The zero-order valence-corrected chi connectivity index (χ0v) is 19.7. The summed E-state index contributed by atoms with van der Waals surface area (Å²) in [5, 5.41) is 3.12. The molecule has 33 heavy (non-hydrogen) atoms. The molecule has 0 fully saturated rings. The van der Waals surface area contributed by atoms with Crippen LogP contribution < -0.4 is 27.2 Å². The highest BCUT2D eigenvalue weighted by Crippen LogP contribution is 2.27. The van der Waals surface area contributed by atoms with Crippen LogP contribution in [0.2, 0.25) is 0 Å². The Morgan fingerprint density at radius 2 is 1.91 bits per heavy atom. The van der Waals surface area contributed by atoms with Gasteiger partial charge in [-0.25, -0.2) is 4.79 Å². The monoisotopic (exact) mass is 473 g/mol. The summed E-state index contributed by atoms with van der Waals surface area (Å²) in [4.78, 5) is 54.6. The number of hydrogen-bond donors (Lipinski definition) is 3. The van der Waals surface area contributed by atoms with Crippen LogP contribution in [0.5, 0.6) is 0 Å². The number of H-pyrrole nitrogens is 1. The lowest BCUT2D eigenvalue weighted by Gasteiger charge is -2.26. The fourth-order valence-corrected chi connectivity index (χ4v) is 4.11. The number of amides is 2. The Bertz CT molecular complexity index is 1250. The van der Waals surface area contributed by atoms with Gasteiger partial charge in [0, 0.05) is 13.1 Å². The molecule has 0 unspecified atom stereocenters. The summed E-state index contributed by atoms with van der Waals surface area (Å²) < 4.78 is 6.34. The second-order valence-electron chi connectivity index (χ2n) is 8.40. The van der Waals surface area contributed by atoms with Gasteiger partial charge in [-0.1, -0.05) is 27.7 Å². The van der Waals surface area contributed by atoms with E-state index in [-0.39, 0.29) is 35.6 Å². The van der Waals surface area contributed by atoms with E-state index in [2.05, 4.69) is 10.3 Å². The molecular formula is C22H27N5O5S. The molecule has 0 saturated heterocycles. The molecule has 0 atom stereocenters. The van der Waals surface area contributed by atoms with Gasteiger partial charge in [-0.3, -0.25) is 28.8 Å². The Balaban J connectivity index is 1.97. The van der Waals surface area contributed by atoms with E-state index < -0.39 is 23.1 Å². The van der Waals surface area contributed by atoms with Gasteiger partial charge in [-0.15, -0.1) is 11.3 Å². The molecule has 3 aromatic rings. The fraction of sp³-hybridized carbons (Fsp3) is 0.364. The van der Waals surface area contributed by atoms with Crippen LogP contribution in [0.3, 0.4) is 0 Å². The van der Waals surface area contributed by atoms with Crippen molar-refractivity contribution in [1.29, 1.82) is 0 Å². The van der Waals surface area contributed by atoms with Gasteiger partial charge in [0.2, 0.25) is 0 Å². The Kier molecular flexibility index (Phi) is 7.22. The van der Waals surface area contributed by atoms with Crippen LogP contribution in [0.25, 0.3) is 0 Å². The molecule has 0 aliphatic rings. The topological polar surface area (TPSA) is 143 Å². The number of furan rings is 1. The lowest BCUT2D eigenvalue weighted by atomic mass is 10.2. The van der Waals surface area contributed by atoms with E-state index in [9.17, 15) is 19.2 Å². The number of nitrogen functional groups attached to an aromatic ring is 1. The molecule has 0 aliphatic carbocycles. The van der Waals surface area contributed by atoms with E-state index in [0.29, 0.717) is 16.4 Å². The second-order valence-corrected chi connectivity index (χ2v) is 9.49. The van der Waals surface area contributed by atoms with Crippen molar-refractivity contribution in [2.45, 2.75) is 34.2 Å². The molecule has 0 saturated carbocycles. The van der Waals surface area contributed by atoms with Gasteiger partial charge in [0.05, 0.1) is 16.1 Å². The Hall–Kier alpha value is -3.60. The van der Waals surface area contributed by atoms with E-state index in [0.717, 1.165) is 11.3 Å². The minimum Gasteiger partial charge on any atom is -0.459 e. The normalized spacial score (nSPS) is 11.2. The summed E-state index contributed by atoms with van der Waals surface area (Å²) in [5.41, 5.74) is 4.82. The van der Waals surface area contributed by atoms with Crippen molar-refractivity contribution < 1.29 is 14.0 Å². The lowest BCUT2D eigenvalue weighted by molar-refractivity contribution is 0.0983. The molecule has 0 radical (unpaired) electrons. The summed E-state index contributed by atoms with van der Waals surface area (Å²) in [6.07, 6.45) is 1.39. The van der Waals surface area contributed by atoms with Gasteiger partial charge in [-0.2, -0.15) is 0 Å². The number of hydrogen-bond acceptors (Lipinski definition) is 7. The zero-order valence-electron chi connectivity index (χ0n) is 18.9. The van der Waals surface area contributed by atoms with E-state index >= 15 is 0 Å². The average molecular weight is 474 g/mol. The van der Waals surface area contributed by atoms with Crippen molar-refractivity contribution in [3.63, 3.8) is 0 Å². The molecule has 3 aromatic heterocycles. The van der Waals surface area contributed by atoms with Gasteiger partial charge >= 0.3 is 5.69 Å². The van der Waals surface area contributed by atoms with Gasteiger partial charge in [-0.05, 0) is 36.1 Å². The molecule has 176 valence electrons. The van der Waals surface area contributed by atoms with Crippen molar-refractivity contribution in [3.8, 4) is 0 Å². The molecule has 3 heterocycles. The number of carbonyl (C=O) groups excluding carboxylic acids is 2. The summed E-state index contributed by atoms with van der Waals surface area (Å²) in [7, 11) is 0. The third kappa shape index (κ3) is 5.43.